The maximum absolute atomic E-state index is 13.6. The summed E-state index contributed by atoms with van der Waals surface area (Å²) in [5.41, 5.74) is 1.77. The van der Waals surface area contributed by atoms with Gasteiger partial charge in [0.1, 0.15) is 6.04 Å². The van der Waals surface area contributed by atoms with Crippen molar-refractivity contribution in [2.75, 3.05) is 4.31 Å². The van der Waals surface area contributed by atoms with Crippen LogP contribution in [-0.4, -0.2) is 31.4 Å². The second-order valence-electron chi connectivity index (χ2n) is 8.62. The summed E-state index contributed by atoms with van der Waals surface area (Å²) < 4.78 is 28.0. The number of fused-ring (bicyclic) bond motifs is 1. The minimum atomic E-state index is -4.40. The van der Waals surface area contributed by atoms with Crippen LogP contribution in [0.3, 0.4) is 0 Å². The maximum atomic E-state index is 13.6. The van der Waals surface area contributed by atoms with Gasteiger partial charge in [0, 0.05) is 22.2 Å². The van der Waals surface area contributed by atoms with Gasteiger partial charge in [-0.2, -0.15) is 5.26 Å². The molecule has 39 heavy (non-hydrogen) atoms. The van der Waals surface area contributed by atoms with Crippen molar-refractivity contribution < 1.29 is 23.1 Å². The van der Waals surface area contributed by atoms with Crippen LogP contribution in [-0.2, 0) is 21.4 Å². The number of nitrogens with zero attached hydrogens (tertiary/aromatic N) is 2. The highest BCUT2D eigenvalue weighted by Gasteiger charge is 2.34. The Bertz CT molecular complexity index is 1710. The van der Waals surface area contributed by atoms with E-state index in [0.29, 0.717) is 21.9 Å². The Labute approximate surface area is 235 Å². The van der Waals surface area contributed by atoms with Gasteiger partial charge in [-0.05, 0) is 71.8 Å². The molecule has 1 amide bonds. The highest BCUT2D eigenvalue weighted by molar-refractivity contribution is 7.93. The Hall–Kier alpha value is -4.10. The predicted octanol–water partition coefficient (Wildman–Crippen LogP) is 5.62. The molecule has 11 heteroatoms. The van der Waals surface area contributed by atoms with E-state index >= 15 is 0 Å². The quantitative estimate of drug-likeness (QED) is 0.278. The van der Waals surface area contributed by atoms with Crippen molar-refractivity contribution >= 4 is 61.6 Å². The molecule has 4 rings (SSSR count). The molecule has 1 atom stereocenters. The summed E-state index contributed by atoms with van der Waals surface area (Å²) in [6, 6.07) is 20.7. The summed E-state index contributed by atoms with van der Waals surface area (Å²) in [5, 5.41) is 22.7. The molecule has 0 spiro atoms. The van der Waals surface area contributed by atoms with E-state index in [1.165, 1.54) is 37.3 Å². The van der Waals surface area contributed by atoms with Crippen molar-refractivity contribution in [3.8, 4) is 6.07 Å². The number of halogens is 2. The second-order valence-corrected chi connectivity index (χ2v) is 11.3. The Balaban J connectivity index is 1.70. The minimum Gasteiger partial charge on any atom is -0.480 e. The molecule has 4 aromatic rings. The van der Waals surface area contributed by atoms with Crippen LogP contribution in [0, 0.1) is 11.3 Å². The number of hydrogen-bond donors (Lipinski definition) is 2. The summed E-state index contributed by atoms with van der Waals surface area (Å²) in [4.78, 5) is 24.7. The molecule has 4 aromatic carbocycles. The lowest BCUT2D eigenvalue weighted by Crippen LogP contribution is -2.43. The van der Waals surface area contributed by atoms with Crippen LogP contribution in [0.25, 0.3) is 10.8 Å². The van der Waals surface area contributed by atoms with Crippen LogP contribution in [0.4, 0.5) is 5.69 Å². The average molecular weight is 582 g/mol. The number of nitriles is 1. The third-order valence-electron chi connectivity index (χ3n) is 6.00. The number of carbonyl (C=O) groups excluding carboxylic acids is 1. The molecule has 0 bridgehead atoms. The standard InChI is InChI=1S/C28H21Cl2N3O5S/c1-17(28(35)36)33(39(37,38)24-13-21(29)12-22(30)14-24)23-9-10-25-20(11-23)3-2-4-26(25)27(34)32-16-19-7-5-18(15-31)6-8-19/h2-14,17H,16H2,1H3,(H,32,34)(H,35,36). The minimum absolute atomic E-state index is 0.0826. The van der Waals surface area contributed by atoms with E-state index < -0.39 is 22.0 Å². The largest absolute Gasteiger partial charge is 0.480 e. The number of aliphatic carboxylic acids is 1. The third-order valence-corrected chi connectivity index (χ3v) is 8.31. The van der Waals surface area contributed by atoms with Gasteiger partial charge < -0.3 is 10.4 Å². The first-order valence-corrected chi connectivity index (χ1v) is 13.7. The second kappa shape index (κ2) is 11.3. The molecule has 0 saturated carbocycles. The van der Waals surface area contributed by atoms with Gasteiger partial charge in [-0.25, -0.2) is 13.2 Å². The zero-order valence-corrected chi connectivity index (χ0v) is 22.8. The molecule has 0 aromatic heterocycles. The van der Waals surface area contributed by atoms with Crippen LogP contribution >= 0.6 is 23.2 Å². The van der Waals surface area contributed by atoms with Crippen LogP contribution in [0.1, 0.15) is 28.4 Å². The van der Waals surface area contributed by atoms with Crippen LogP contribution in [0.5, 0.6) is 0 Å². The van der Waals surface area contributed by atoms with Gasteiger partial charge in [0.05, 0.1) is 22.2 Å². The van der Waals surface area contributed by atoms with Crippen molar-refractivity contribution in [3.05, 3.63) is 106 Å². The number of benzene rings is 4. The van der Waals surface area contributed by atoms with Crippen LogP contribution in [0.2, 0.25) is 10.0 Å². The molecule has 0 radical (unpaired) electrons. The molecule has 0 fully saturated rings. The number of amides is 1. The highest BCUT2D eigenvalue weighted by atomic mass is 35.5. The topological polar surface area (TPSA) is 128 Å². The predicted molar refractivity (Wildman–Crippen MR) is 149 cm³/mol. The van der Waals surface area contributed by atoms with Crippen molar-refractivity contribution in [2.45, 2.75) is 24.4 Å². The van der Waals surface area contributed by atoms with Gasteiger partial charge in [-0.3, -0.25) is 9.10 Å². The van der Waals surface area contributed by atoms with E-state index in [0.717, 1.165) is 9.87 Å². The van der Waals surface area contributed by atoms with Gasteiger partial charge in [0.15, 0.2) is 0 Å². The number of carboxylic acids is 1. The highest BCUT2D eigenvalue weighted by Crippen LogP contribution is 2.32. The van der Waals surface area contributed by atoms with Crippen LogP contribution in [0.15, 0.2) is 83.8 Å². The van der Waals surface area contributed by atoms with E-state index in [-0.39, 0.29) is 33.1 Å². The first-order valence-electron chi connectivity index (χ1n) is 11.5. The van der Waals surface area contributed by atoms with Crippen molar-refractivity contribution in [2.24, 2.45) is 0 Å². The summed E-state index contributed by atoms with van der Waals surface area (Å²) >= 11 is 12.0. The fourth-order valence-electron chi connectivity index (χ4n) is 4.04. The molecule has 0 aliphatic heterocycles. The number of carboxylic acid groups (broad SMARTS) is 1. The summed E-state index contributed by atoms with van der Waals surface area (Å²) in [6.45, 7) is 1.49. The van der Waals surface area contributed by atoms with E-state index in [9.17, 15) is 23.1 Å². The van der Waals surface area contributed by atoms with Gasteiger partial charge in [-0.1, -0.05) is 53.5 Å². The average Bonchev–Trinajstić information content (AvgIpc) is 2.90. The van der Waals surface area contributed by atoms with Gasteiger partial charge in [-0.15, -0.1) is 0 Å². The summed E-state index contributed by atoms with van der Waals surface area (Å²) in [5.74, 6) is -1.71. The van der Waals surface area contributed by atoms with Gasteiger partial charge in [0.25, 0.3) is 15.9 Å². The number of nitrogens with one attached hydrogen (secondary N) is 1. The molecular weight excluding hydrogens is 561 g/mol. The first kappa shape index (κ1) is 27.9. The zero-order valence-electron chi connectivity index (χ0n) is 20.4. The maximum Gasteiger partial charge on any atom is 0.327 e. The fraction of sp³-hybridized carbons (Fsp3) is 0.107. The number of sulfonamides is 1. The molecule has 0 aliphatic rings. The number of anilines is 1. The van der Waals surface area contributed by atoms with Crippen molar-refractivity contribution in [1.82, 2.24) is 5.32 Å². The van der Waals surface area contributed by atoms with Crippen LogP contribution < -0.4 is 9.62 Å². The molecule has 0 saturated heterocycles. The Morgan fingerprint density at radius 2 is 1.67 bits per heavy atom. The smallest absolute Gasteiger partial charge is 0.327 e. The molecule has 2 N–H and O–H groups in total. The fourth-order valence-corrected chi connectivity index (χ4v) is 6.37. The number of hydrogen-bond acceptors (Lipinski definition) is 5. The number of carbonyl (C=O) groups is 2. The molecule has 198 valence electrons. The van der Waals surface area contributed by atoms with Gasteiger partial charge >= 0.3 is 5.97 Å². The monoisotopic (exact) mass is 581 g/mol. The first-order chi connectivity index (χ1) is 18.5. The number of rotatable bonds is 8. The van der Waals surface area contributed by atoms with Crippen molar-refractivity contribution in [3.63, 3.8) is 0 Å². The van der Waals surface area contributed by atoms with E-state index in [1.54, 1.807) is 48.5 Å². The lowest BCUT2D eigenvalue weighted by molar-refractivity contribution is -0.137. The van der Waals surface area contributed by atoms with Gasteiger partial charge in [0.2, 0.25) is 0 Å². The molecule has 0 heterocycles. The molecule has 0 aliphatic carbocycles. The third kappa shape index (κ3) is 5.99. The van der Waals surface area contributed by atoms with E-state index in [4.69, 9.17) is 28.5 Å². The lowest BCUT2D eigenvalue weighted by Gasteiger charge is -2.28. The Kier molecular flexibility index (Phi) is 8.11. The normalized spacial score (nSPS) is 11.9. The summed E-state index contributed by atoms with van der Waals surface area (Å²) in [6.07, 6.45) is 0. The Morgan fingerprint density at radius 1 is 1.00 bits per heavy atom. The van der Waals surface area contributed by atoms with E-state index in [1.807, 2.05) is 6.07 Å². The molecule has 1 unspecified atom stereocenters. The summed E-state index contributed by atoms with van der Waals surface area (Å²) in [7, 11) is -4.40. The Morgan fingerprint density at radius 3 is 2.28 bits per heavy atom. The molecule has 8 nitrogen and oxygen atoms in total. The molecular formula is C28H21Cl2N3O5S. The SMILES string of the molecule is CC(C(=O)O)N(c1ccc2c(C(=O)NCc3ccc(C#N)cc3)cccc2c1)S(=O)(=O)c1cc(Cl)cc(Cl)c1. The van der Waals surface area contributed by atoms with Crippen molar-refractivity contribution in [1.29, 1.82) is 5.26 Å². The zero-order chi connectivity index (χ0) is 28.3. The lowest BCUT2D eigenvalue weighted by atomic mass is 10.0. The van der Waals surface area contributed by atoms with E-state index in [2.05, 4.69) is 5.32 Å².